The molecule has 2 saturated carbocycles. The van der Waals surface area contributed by atoms with Crippen molar-refractivity contribution in [2.24, 2.45) is 5.92 Å². The van der Waals surface area contributed by atoms with Crippen molar-refractivity contribution in [1.29, 1.82) is 0 Å². The summed E-state index contributed by atoms with van der Waals surface area (Å²) in [5, 5.41) is 5.99. The minimum Gasteiger partial charge on any atom is -0.359 e. The number of rotatable bonds is 4. The van der Waals surface area contributed by atoms with Crippen molar-refractivity contribution in [3.8, 4) is 0 Å². The van der Waals surface area contributed by atoms with Crippen LogP contribution in [0.2, 0.25) is 0 Å². The first-order valence-electron chi connectivity index (χ1n) is 8.10. The molecule has 0 aromatic carbocycles. The molecule has 122 valence electrons. The molecule has 2 fully saturated rings. The molecule has 0 bridgehead atoms. The maximum Gasteiger partial charge on any atom is 0.224 e. The Kier molecular flexibility index (Phi) is 5.66. The molecule has 0 radical (unpaired) electrons. The zero-order chi connectivity index (χ0) is 15.5. The topological polar surface area (TPSA) is 75.3 Å². The third-order valence-corrected chi connectivity index (χ3v) is 6.69. The molecule has 0 aliphatic heterocycles. The van der Waals surface area contributed by atoms with Gasteiger partial charge < -0.3 is 10.6 Å². The summed E-state index contributed by atoms with van der Waals surface area (Å²) in [7, 11) is -1.36. The van der Waals surface area contributed by atoms with Gasteiger partial charge in [-0.25, -0.2) is 8.42 Å². The standard InChI is InChI=1S/C15H28N2O3S/c1-16-15(18)11-7-3-4-8-12(11)17-13-9-5-6-10-14(13)21(2,19)20/h11-14,17H,3-10H2,1-2H3,(H,16,18)/t11-,12+,13+,14-/m1/s1. The van der Waals surface area contributed by atoms with Crippen LogP contribution < -0.4 is 10.6 Å². The molecule has 0 saturated heterocycles. The summed E-state index contributed by atoms with van der Waals surface area (Å²) in [5.41, 5.74) is 0. The number of carbonyl (C=O) groups is 1. The number of amides is 1. The molecular formula is C15H28N2O3S. The van der Waals surface area contributed by atoms with E-state index in [1.165, 1.54) is 6.26 Å². The fourth-order valence-electron chi connectivity index (χ4n) is 3.90. The zero-order valence-electron chi connectivity index (χ0n) is 13.1. The lowest BCUT2D eigenvalue weighted by molar-refractivity contribution is -0.126. The van der Waals surface area contributed by atoms with Gasteiger partial charge in [0.25, 0.3) is 0 Å². The summed E-state index contributed by atoms with van der Waals surface area (Å²) in [5.74, 6) is 0.0600. The van der Waals surface area contributed by atoms with E-state index in [0.717, 1.165) is 51.4 Å². The van der Waals surface area contributed by atoms with Crippen LogP contribution in [0.3, 0.4) is 0 Å². The van der Waals surface area contributed by atoms with Crippen LogP contribution in [-0.4, -0.2) is 45.0 Å². The minimum absolute atomic E-state index is 0.00371. The van der Waals surface area contributed by atoms with E-state index in [9.17, 15) is 13.2 Å². The predicted molar refractivity (Wildman–Crippen MR) is 83.8 cm³/mol. The molecule has 0 spiro atoms. The molecule has 4 atom stereocenters. The molecule has 2 aliphatic rings. The van der Waals surface area contributed by atoms with Crippen LogP contribution in [0.5, 0.6) is 0 Å². The maximum atomic E-state index is 12.0. The van der Waals surface area contributed by atoms with Crippen LogP contribution in [-0.2, 0) is 14.6 Å². The number of hydrogen-bond donors (Lipinski definition) is 2. The molecule has 0 heterocycles. The van der Waals surface area contributed by atoms with Gasteiger partial charge in [0.1, 0.15) is 0 Å². The smallest absolute Gasteiger partial charge is 0.224 e. The van der Waals surface area contributed by atoms with Crippen molar-refractivity contribution in [1.82, 2.24) is 10.6 Å². The Hall–Kier alpha value is -0.620. The Morgan fingerprint density at radius 3 is 2.14 bits per heavy atom. The molecule has 21 heavy (non-hydrogen) atoms. The highest BCUT2D eigenvalue weighted by atomic mass is 32.2. The summed E-state index contributed by atoms with van der Waals surface area (Å²) in [6.45, 7) is 0. The van der Waals surface area contributed by atoms with Crippen LogP contribution in [0.15, 0.2) is 0 Å². The molecule has 0 unspecified atom stereocenters. The van der Waals surface area contributed by atoms with Crippen LogP contribution in [0.4, 0.5) is 0 Å². The van der Waals surface area contributed by atoms with Gasteiger partial charge in [-0.2, -0.15) is 0 Å². The largest absolute Gasteiger partial charge is 0.359 e. The highest BCUT2D eigenvalue weighted by molar-refractivity contribution is 7.91. The lowest BCUT2D eigenvalue weighted by atomic mass is 9.82. The molecule has 6 heteroatoms. The molecule has 5 nitrogen and oxygen atoms in total. The van der Waals surface area contributed by atoms with E-state index < -0.39 is 9.84 Å². The van der Waals surface area contributed by atoms with Crippen molar-refractivity contribution in [3.63, 3.8) is 0 Å². The second kappa shape index (κ2) is 7.09. The van der Waals surface area contributed by atoms with Gasteiger partial charge in [-0.1, -0.05) is 25.7 Å². The number of hydrogen-bond acceptors (Lipinski definition) is 4. The van der Waals surface area contributed by atoms with Crippen LogP contribution in [0, 0.1) is 5.92 Å². The summed E-state index contributed by atoms with van der Waals surface area (Å²) < 4.78 is 24.0. The van der Waals surface area contributed by atoms with E-state index in [2.05, 4.69) is 10.6 Å². The average Bonchev–Trinajstić information content (AvgIpc) is 2.46. The van der Waals surface area contributed by atoms with Gasteiger partial charge in [-0.3, -0.25) is 4.79 Å². The van der Waals surface area contributed by atoms with Gasteiger partial charge in [-0.15, -0.1) is 0 Å². The fraction of sp³-hybridized carbons (Fsp3) is 0.933. The summed E-state index contributed by atoms with van der Waals surface area (Å²) in [6, 6.07) is 0.120. The summed E-state index contributed by atoms with van der Waals surface area (Å²) in [4.78, 5) is 12.0. The molecule has 0 aromatic rings. The van der Waals surface area contributed by atoms with Gasteiger partial charge in [0.05, 0.1) is 11.2 Å². The first-order valence-corrected chi connectivity index (χ1v) is 10.1. The van der Waals surface area contributed by atoms with E-state index in [1.807, 2.05) is 0 Å². The number of carbonyl (C=O) groups excluding carboxylic acids is 1. The van der Waals surface area contributed by atoms with Crippen LogP contribution >= 0.6 is 0 Å². The van der Waals surface area contributed by atoms with E-state index in [1.54, 1.807) is 7.05 Å². The monoisotopic (exact) mass is 316 g/mol. The highest BCUT2D eigenvalue weighted by Gasteiger charge is 2.37. The first kappa shape index (κ1) is 16.7. The van der Waals surface area contributed by atoms with E-state index >= 15 is 0 Å². The van der Waals surface area contributed by atoms with Crippen LogP contribution in [0.1, 0.15) is 51.4 Å². The molecule has 2 aliphatic carbocycles. The van der Waals surface area contributed by atoms with Crippen molar-refractivity contribution < 1.29 is 13.2 Å². The van der Waals surface area contributed by atoms with Crippen molar-refractivity contribution in [2.75, 3.05) is 13.3 Å². The van der Waals surface area contributed by atoms with E-state index in [-0.39, 0.29) is 29.2 Å². The minimum atomic E-state index is -3.03. The van der Waals surface area contributed by atoms with Gasteiger partial charge in [0, 0.05) is 25.4 Å². The predicted octanol–water partition coefficient (Wildman–Crippen LogP) is 1.24. The normalized spacial score (nSPS) is 34.4. The van der Waals surface area contributed by atoms with Gasteiger partial charge in [0.2, 0.25) is 5.91 Å². The Labute approximate surface area is 128 Å². The third-order valence-electron chi connectivity index (χ3n) is 5.03. The van der Waals surface area contributed by atoms with Gasteiger partial charge in [-0.05, 0) is 25.7 Å². The molecule has 0 aromatic heterocycles. The summed E-state index contributed by atoms with van der Waals surface area (Å²) in [6.07, 6.45) is 9.09. The van der Waals surface area contributed by atoms with Crippen molar-refractivity contribution >= 4 is 15.7 Å². The van der Waals surface area contributed by atoms with Crippen molar-refractivity contribution in [3.05, 3.63) is 0 Å². The average molecular weight is 316 g/mol. The maximum absolute atomic E-state index is 12.0. The van der Waals surface area contributed by atoms with Gasteiger partial charge in [0.15, 0.2) is 9.84 Å². The summed E-state index contributed by atoms with van der Waals surface area (Å²) >= 11 is 0. The Morgan fingerprint density at radius 1 is 0.952 bits per heavy atom. The Bertz CT molecular complexity index is 464. The lowest BCUT2D eigenvalue weighted by Gasteiger charge is -2.38. The Balaban J connectivity index is 2.08. The number of nitrogens with one attached hydrogen (secondary N) is 2. The first-order chi connectivity index (χ1) is 9.93. The molecular weight excluding hydrogens is 288 g/mol. The molecule has 1 amide bonds. The quantitative estimate of drug-likeness (QED) is 0.818. The second-order valence-corrected chi connectivity index (χ2v) is 8.80. The van der Waals surface area contributed by atoms with E-state index in [4.69, 9.17) is 0 Å². The second-order valence-electron chi connectivity index (χ2n) is 6.54. The molecule has 2 rings (SSSR count). The zero-order valence-corrected chi connectivity index (χ0v) is 13.9. The lowest BCUT2D eigenvalue weighted by Crippen LogP contribution is -2.54. The van der Waals surface area contributed by atoms with E-state index in [0.29, 0.717) is 0 Å². The SMILES string of the molecule is CNC(=O)[C@@H]1CCCC[C@@H]1N[C@H]1CCCC[C@H]1S(C)(=O)=O. The number of sulfone groups is 1. The van der Waals surface area contributed by atoms with Gasteiger partial charge >= 0.3 is 0 Å². The van der Waals surface area contributed by atoms with Crippen molar-refractivity contribution in [2.45, 2.75) is 68.7 Å². The fourth-order valence-corrected chi connectivity index (χ4v) is 5.31. The molecule has 2 N–H and O–H groups in total. The van der Waals surface area contributed by atoms with Crippen LogP contribution in [0.25, 0.3) is 0 Å². The third kappa shape index (κ3) is 4.19. The Morgan fingerprint density at radius 2 is 1.52 bits per heavy atom. The highest BCUT2D eigenvalue weighted by Crippen LogP contribution is 2.29.